The zero-order valence-corrected chi connectivity index (χ0v) is 10.6. The van der Waals surface area contributed by atoms with Gasteiger partial charge in [-0.05, 0) is 24.3 Å². The molecule has 0 aliphatic heterocycles. The predicted octanol–water partition coefficient (Wildman–Crippen LogP) is 4.01. The standard InChI is InChI=1S/C15H9F3N2O/c16-10-4-2-1-3-9(10)13-14(20-21-15(13)19)8-5-6-11(17)12(18)7-8/h1-7H,19H2. The van der Waals surface area contributed by atoms with E-state index >= 15 is 0 Å². The molecule has 0 spiro atoms. The van der Waals surface area contributed by atoms with Crippen molar-refractivity contribution < 1.29 is 17.7 Å². The van der Waals surface area contributed by atoms with Gasteiger partial charge in [0.2, 0.25) is 5.88 Å². The van der Waals surface area contributed by atoms with Gasteiger partial charge in [0.1, 0.15) is 11.5 Å². The number of benzene rings is 2. The average molecular weight is 290 g/mol. The van der Waals surface area contributed by atoms with Gasteiger partial charge in [-0.25, -0.2) is 13.2 Å². The van der Waals surface area contributed by atoms with Gasteiger partial charge in [-0.3, -0.25) is 0 Å². The first-order valence-electron chi connectivity index (χ1n) is 6.03. The van der Waals surface area contributed by atoms with Crippen LogP contribution < -0.4 is 5.73 Å². The van der Waals surface area contributed by atoms with Crippen molar-refractivity contribution in [3.63, 3.8) is 0 Å². The van der Waals surface area contributed by atoms with Gasteiger partial charge in [0.05, 0.1) is 5.56 Å². The molecule has 21 heavy (non-hydrogen) atoms. The number of hydrogen-bond acceptors (Lipinski definition) is 3. The fraction of sp³-hybridized carbons (Fsp3) is 0. The Morgan fingerprint density at radius 2 is 1.67 bits per heavy atom. The maximum absolute atomic E-state index is 13.9. The van der Waals surface area contributed by atoms with Gasteiger partial charge in [-0.1, -0.05) is 23.4 Å². The van der Waals surface area contributed by atoms with Crippen molar-refractivity contribution in [1.29, 1.82) is 0 Å². The van der Waals surface area contributed by atoms with E-state index in [2.05, 4.69) is 5.16 Å². The number of aromatic nitrogens is 1. The third-order valence-corrected chi connectivity index (χ3v) is 3.05. The highest BCUT2D eigenvalue weighted by molar-refractivity contribution is 5.87. The number of rotatable bonds is 2. The average Bonchev–Trinajstić information content (AvgIpc) is 2.84. The van der Waals surface area contributed by atoms with Gasteiger partial charge in [0.25, 0.3) is 0 Å². The number of anilines is 1. The van der Waals surface area contributed by atoms with Crippen molar-refractivity contribution in [1.82, 2.24) is 5.16 Å². The molecular weight excluding hydrogens is 281 g/mol. The van der Waals surface area contributed by atoms with Crippen molar-refractivity contribution in [3.8, 4) is 22.4 Å². The molecule has 0 saturated carbocycles. The fourth-order valence-corrected chi connectivity index (χ4v) is 2.07. The third-order valence-electron chi connectivity index (χ3n) is 3.05. The lowest BCUT2D eigenvalue weighted by Gasteiger charge is -2.04. The smallest absolute Gasteiger partial charge is 0.230 e. The van der Waals surface area contributed by atoms with Gasteiger partial charge in [-0.15, -0.1) is 0 Å². The van der Waals surface area contributed by atoms with E-state index in [1.54, 1.807) is 6.07 Å². The third kappa shape index (κ3) is 2.24. The van der Waals surface area contributed by atoms with Gasteiger partial charge >= 0.3 is 0 Å². The lowest BCUT2D eigenvalue weighted by atomic mass is 10.0. The van der Waals surface area contributed by atoms with Crippen molar-refractivity contribution in [2.45, 2.75) is 0 Å². The molecule has 0 fully saturated rings. The van der Waals surface area contributed by atoms with Crippen LogP contribution in [0.3, 0.4) is 0 Å². The number of hydrogen-bond donors (Lipinski definition) is 1. The monoisotopic (exact) mass is 290 g/mol. The van der Waals surface area contributed by atoms with Crippen LogP contribution in [0.1, 0.15) is 0 Å². The first kappa shape index (κ1) is 13.2. The molecule has 0 radical (unpaired) electrons. The molecule has 2 aromatic carbocycles. The summed E-state index contributed by atoms with van der Waals surface area (Å²) < 4.78 is 45.1. The summed E-state index contributed by atoms with van der Waals surface area (Å²) in [6.07, 6.45) is 0. The van der Waals surface area contributed by atoms with Crippen LogP contribution in [0.2, 0.25) is 0 Å². The van der Waals surface area contributed by atoms with Crippen LogP contribution in [0.4, 0.5) is 19.1 Å². The van der Waals surface area contributed by atoms with Crippen LogP contribution in [-0.2, 0) is 0 Å². The topological polar surface area (TPSA) is 52.0 Å². The molecule has 0 aliphatic carbocycles. The molecular formula is C15H9F3N2O. The number of nitrogen functional groups attached to an aromatic ring is 1. The minimum Gasteiger partial charge on any atom is -0.367 e. The maximum atomic E-state index is 13.9. The molecule has 0 aliphatic rings. The summed E-state index contributed by atoms with van der Waals surface area (Å²) in [6.45, 7) is 0. The first-order valence-corrected chi connectivity index (χ1v) is 6.03. The van der Waals surface area contributed by atoms with Gasteiger partial charge in [0, 0.05) is 11.1 Å². The van der Waals surface area contributed by atoms with Crippen LogP contribution in [0.5, 0.6) is 0 Å². The maximum Gasteiger partial charge on any atom is 0.230 e. The van der Waals surface area contributed by atoms with Crippen molar-refractivity contribution in [3.05, 3.63) is 59.9 Å². The van der Waals surface area contributed by atoms with Crippen LogP contribution in [0.15, 0.2) is 47.0 Å². The Bertz CT molecular complexity index is 814. The van der Waals surface area contributed by atoms with E-state index < -0.39 is 17.5 Å². The molecule has 106 valence electrons. The molecule has 0 unspecified atom stereocenters. The normalized spacial score (nSPS) is 10.8. The number of nitrogens with zero attached hydrogens (tertiary/aromatic N) is 1. The van der Waals surface area contributed by atoms with E-state index in [1.807, 2.05) is 0 Å². The van der Waals surface area contributed by atoms with Crippen LogP contribution >= 0.6 is 0 Å². The summed E-state index contributed by atoms with van der Waals surface area (Å²) in [5.41, 5.74) is 6.46. The van der Waals surface area contributed by atoms with Crippen LogP contribution in [0.25, 0.3) is 22.4 Å². The van der Waals surface area contributed by atoms with Crippen LogP contribution in [-0.4, -0.2) is 5.16 Å². The van der Waals surface area contributed by atoms with E-state index in [4.69, 9.17) is 10.3 Å². The van der Waals surface area contributed by atoms with E-state index in [9.17, 15) is 13.2 Å². The van der Waals surface area contributed by atoms with Crippen molar-refractivity contribution in [2.75, 3.05) is 5.73 Å². The minimum absolute atomic E-state index is 0.0974. The summed E-state index contributed by atoms with van der Waals surface area (Å²) >= 11 is 0. The second-order valence-electron chi connectivity index (χ2n) is 4.38. The molecule has 0 saturated heterocycles. The zero-order chi connectivity index (χ0) is 15.0. The molecule has 3 rings (SSSR count). The number of halogens is 3. The molecule has 6 heteroatoms. The second kappa shape index (κ2) is 4.97. The van der Waals surface area contributed by atoms with Gasteiger partial charge in [-0.2, -0.15) is 0 Å². The lowest BCUT2D eigenvalue weighted by molar-refractivity contribution is 0.439. The molecule has 0 amide bonds. The highest BCUT2D eigenvalue weighted by atomic mass is 19.2. The highest BCUT2D eigenvalue weighted by Gasteiger charge is 2.20. The summed E-state index contributed by atoms with van der Waals surface area (Å²) in [5.74, 6) is -2.63. The first-order chi connectivity index (χ1) is 10.1. The summed E-state index contributed by atoms with van der Waals surface area (Å²) in [4.78, 5) is 0. The van der Waals surface area contributed by atoms with Crippen molar-refractivity contribution in [2.24, 2.45) is 0 Å². The number of nitrogens with two attached hydrogens (primary N) is 1. The molecule has 3 nitrogen and oxygen atoms in total. The van der Waals surface area contributed by atoms with E-state index in [1.165, 1.54) is 24.3 Å². The summed E-state index contributed by atoms with van der Waals surface area (Å²) in [7, 11) is 0. The second-order valence-corrected chi connectivity index (χ2v) is 4.38. The lowest BCUT2D eigenvalue weighted by Crippen LogP contribution is -1.92. The van der Waals surface area contributed by atoms with E-state index in [0.717, 1.165) is 12.1 Å². The van der Waals surface area contributed by atoms with Gasteiger partial charge in [0.15, 0.2) is 11.6 Å². The SMILES string of the molecule is Nc1onc(-c2ccc(F)c(F)c2)c1-c1ccccc1F. The van der Waals surface area contributed by atoms with Crippen molar-refractivity contribution >= 4 is 5.88 Å². The van der Waals surface area contributed by atoms with E-state index in [0.29, 0.717) is 0 Å². The largest absolute Gasteiger partial charge is 0.367 e. The Balaban J connectivity index is 2.22. The molecule has 3 aromatic rings. The molecule has 2 N–H and O–H groups in total. The Morgan fingerprint density at radius 1 is 0.905 bits per heavy atom. The zero-order valence-electron chi connectivity index (χ0n) is 10.6. The quantitative estimate of drug-likeness (QED) is 0.776. The molecule has 1 heterocycles. The predicted molar refractivity (Wildman–Crippen MR) is 71.7 cm³/mol. The Hall–Kier alpha value is -2.76. The Labute approximate surface area is 117 Å². The van der Waals surface area contributed by atoms with E-state index in [-0.39, 0.29) is 28.3 Å². The Morgan fingerprint density at radius 3 is 2.38 bits per heavy atom. The van der Waals surface area contributed by atoms with Crippen LogP contribution in [0, 0.1) is 17.5 Å². The Kier molecular flexibility index (Phi) is 3.13. The molecule has 0 atom stereocenters. The molecule has 1 aromatic heterocycles. The van der Waals surface area contributed by atoms with Gasteiger partial charge < -0.3 is 10.3 Å². The highest BCUT2D eigenvalue weighted by Crippen LogP contribution is 2.37. The minimum atomic E-state index is -1.03. The molecule has 0 bridgehead atoms. The summed E-state index contributed by atoms with van der Waals surface area (Å²) in [6, 6.07) is 9.15. The fourth-order valence-electron chi connectivity index (χ4n) is 2.07. The summed E-state index contributed by atoms with van der Waals surface area (Å²) in [5, 5.41) is 3.72.